The Labute approximate surface area is 238 Å². The molecule has 11 nitrogen and oxygen atoms in total. The lowest BCUT2D eigenvalue weighted by Gasteiger charge is -2.29. The zero-order valence-electron chi connectivity index (χ0n) is 24.1. The summed E-state index contributed by atoms with van der Waals surface area (Å²) < 4.78 is 38.4. The van der Waals surface area contributed by atoms with Gasteiger partial charge in [0, 0.05) is 30.8 Å². The van der Waals surface area contributed by atoms with E-state index >= 15 is 0 Å². The number of hydrogen-bond donors (Lipinski definition) is 1. The van der Waals surface area contributed by atoms with E-state index in [0.29, 0.717) is 59.7 Å². The van der Waals surface area contributed by atoms with Crippen LogP contribution in [0.2, 0.25) is 0 Å². The number of aromatic hydroxyl groups is 1. The van der Waals surface area contributed by atoms with Gasteiger partial charge in [-0.2, -0.15) is 0 Å². The highest BCUT2D eigenvalue weighted by molar-refractivity contribution is 5.72. The molecule has 2 aromatic carbocycles. The quantitative estimate of drug-likeness (QED) is 0.340. The third kappa shape index (κ3) is 6.19. The van der Waals surface area contributed by atoms with E-state index < -0.39 is 23.1 Å². The van der Waals surface area contributed by atoms with Crippen LogP contribution in [-0.4, -0.2) is 65.2 Å². The summed E-state index contributed by atoms with van der Waals surface area (Å²) in [6.45, 7) is 1.59. The lowest BCUT2D eigenvalue weighted by Crippen LogP contribution is -2.30. The lowest BCUT2D eigenvalue weighted by molar-refractivity contribution is -0.140. The summed E-state index contributed by atoms with van der Waals surface area (Å²) in [7, 11) is 8.89. The van der Waals surface area contributed by atoms with Gasteiger partial charge in [0.15, 0.2) is 28.8 Å². The number of hydrogen-bond acceptors (Lipinski definition) is 11. The third-order valence-electron chi connectivity index (χ3n) is 7.20. The zero-order valence-corrected chi connectivity index (χ0v) is 24.1. The minimum absolute atomic E-state index is 0.0766. The Morgan fingerprint density at radius 2 is 1.44 bits per heavy atom. The number of methoxy groups -OCH3 is 6. The van der Waals surface area contributed by atoms with E-state index in [9.17, 15) is 14.7 Å². The smallest absolute Gasteiger partial charge is 0.306 e. The van der Waals surface area contributed by atoms with E-state index in [4.69, 9.17) is 32.8 Å². The van der Waals surface area contributed by atoms with Crippen molar-refractivity contribution >= 4 is 5.97 Å². The van der Waals surface area contributed by atoms with Crippen LogP contribution < -0.4 is 29.1 Å². The maximum Gasteiger partial charge on any atom is 0.306 e. The molecule has 0 saturated carbocycles. The molecule has 41 heavy (non-hydrogen) atoms. The Balaban J connectivity index is 1.73. The summed E-state index contributed by atoms with van der Waals surface area (Å²) in [6.07, 6.45) is 0.527. The molecule has 1 atom stereocenters. The number of carbonyl (C=O) groups is 1. The Morgan fingerprint density at radius 1 is 0.854 bits per heavy atom. The maximum atomic E-state index is 13.0. The summed E-state index contributed by atoms with van der Waals surface area (Å²) in [5.74, 6) is 0.603. The standard InChI is InChI=1S/C30H35NO10/c1-35-23-14-27(39-5)26(38-4)12-20(23)21(13-28(33)40-6)30-29(34)22(32)11-19(41-30)16-31-8-7-17-9-24(36-2)25(37-3)10-18(17)15-31/h9-12,14,21,34H,7-8,13,15-16H2,1-6H3. The fourth-order valence-electron chi connectivity index (χ4n) is 5.09. The molecule has 0 amide bonds. The van der Waals surface area contributed by atoms with Gasteiger partial charge in [-0.15, -0.1) is 0 Å². The van der Waals surface area contributed by atoms with Crippen LogP contribution in [0.5, 0.6) is 34.5 Å². The minimum atomic E-state index is -0.927. The minimum Gasteiger partial charge on any atom is -0.502 e. The van der Waals surface area contributed by atoms with Crippen LogP contribution in [0.4, 0.5) is 0 Å². The molecule has 220 valence electrons. The number of esters is 1. The van der Waals surface area contributed by atoms with Crippen LogP contribution in [0.3, 0.4) is 0 Å². The van der Waals surface area contributed by atoms with Crippen molar-refractivity contribution in [2.24, 2.45) is 0 Å². The molecule has 4 rings (SSSR count). The van der Waals surface area contributed by atoms with Crippen molar-refractivity contribution in [1.82, 2.24) is 4.90 Å². The number of carbonyl (C=O) groups excluding carboxylic acids is 1. The van der Waals surface area contributed by atoms with Gasteiger partial charge in [0.25, 0.3) is 0 Å². The van der Waals surface area contributed by atoms with Gasteiger partial charge < -0.3 is 37.9 Å². The molecular formula is C30H35NO10. The highest BCUT2D eigenvalue weighted by Gasteiger charge is 2.31. The van der Waals surface area contributed by atoms with Gasteiger partial charge in [0.2, 0.25) is 11.2 Å². The van der Waals surface area contributed by atoms with Gasteiger partial charge in [-0.3, -0.25) is 14.5 Å². The van der Waals surface area contributed by atoms with Gasteiger partial charge in [-0.05, 0) is 35.7 Å². The van der Waals surface area contributed by atoms with E-state index in [1.807, 2.05) is 12.1 Å². The van der Waals surface area contributed by atoms with Gasteiger partial charge in [0.1, 0.15) is 11.5 Å². The van der Waals surface area contributed by atoms with Crippen molar-refractivity contribution in [3.8, 4) is 34.5 Å². The van der Waals surface area contributed by atoms with E-state index in [-0.39, 0.29) is 12.2 Å². The largest absolute Gasteiger partial charge is 0.502 e. The van der Waals surface area contributed by atoms with Crippen molar-refractivity contribution < 1.29 is 42.7 Å². The zero-order chi connectivity index (χ0) is 29.7. The topological polar surface area (TPSA) is 126 Å². The number of rotatable bonds is 11. The molecule has 1 unspecified atom stereocenters. The number of nitrogens with zero attached hydrogens (tertiary/aromatic N) is 1. The Morgan fingerprint density at radius 3 is 2.05 bits per heavy atom. The first-order chi connectivity index (χ1) is 19.8. The highest BCUT2D eigenvalue weighted by atomic mass is 16.5. The number of ether oxygens (including phenoxy) is 6. The van der Waals surface area contributed by atoms with Gasteiger partial charge in [-0.25, -0.2) is 0 Å². The molecule has 0 saturated heterocycles. The number of benzene rings is 2. The first kappa shape index (κ1) is 29.6. The summed E-state index contributed by atoms with van der Waals surface area (Å²) in [5, 5.41) is 10.9. The van der Waals surface area contributed by atoms with Crippen molar-refractivity contribution in [2.75, 3.05) is 49.2 Å². The van der Waals surface area contributed by atoms with Crippen molar-refractivity contribution in [3.63, 3.8) is 0 Å². The molecule has 1 N–H and O–H groups in total. The second-order valence-corrected chi connectivity index (χ2v) is 9.51. The molecule has 0 fully saturated rings. The van der Waals surface area contributed by atoms with Crippen LogP contribution in [0, 0.1) is 0 Å². The molecule has 0 bridgehead atoms. The van der Waals surface area contributed by atoms with Crippen LogP contribution in [0.25, 0.3) is 0 Å². The number of fused-ring (bicyclic) bond motifs is 1. The molecule has 1 aliphatic heterocycles. The summed E-state index contributed by atoms with van der Waals surface area (Å²) >= 11 is 0. The molecule has 0 radical (unpaired) electrons. The first-order valence-corrected chi connectivity index (χ1v) is 12.9. The molecular weight excluding hydrogens is 534 g/mol. The van der Waals surface area contributed by atoms with Gasteiger partial charge in [0.05, 0.1) is 61.5 Å². The second kappa shape index (κ2) is 12.9. The summed E-state index contributed by atoms with van der Waals surface area (Å²) in [4.78, 5) is 27.6. The molecule has 11 heteroatoms. The van der Waals surface area contributed by atoms with Crippen molar-refractivity contribution in [1.29, 1.82) is 0 Å². The van der Waals surface area contributed by atoms with Crippen LogP contribution in [0.1, 0.15) is 40.5 Å². The predicted octanol–water partition coefficient (Wildman–Crippen LogP) is 3.64. The van der Waals surface area contributed by atoms with Gasteiger partial charge in [-0.1, -0.05) is 0 Å². The first-order valence-electron chi connectivity index (χ1n) is 12.9. The third-order valence-corrected chi connectivity index (χ3v) is 7.20. The summed E-state index contributed by atoms with van der Waals surface area (Å²) in [5.41, 5.74) is 2.05. The Kier molecular flexibility index (Phi) is 9.28. The SMILES string of the molecule is COC(=O)CC(c1cc(OC)c(OC)cc1OC)c1oc(CN2CCc3cc(OC)c(OC)cc3C2)cc(=O)c1O. The second-order valence-electron chi connectivity index (χ2n) is 9.51. The van der Waals surface area contributed by atoms with E-state index in [2.05, 4.69) is 4.90 Å². The van der Waals surface area contributed by atoms with E-state index in [1.165, 1.54) is 34.5 Å². The molecule has 1 aliphatic rings. The molecule has 0 spiro atoms. The Hall–Kier alpha value is -4.38. The average molecular weight is 570 g/mol. The van der Waals surface area contributed by atoms with Gasteiger partial charge >= 0.3 is 5.97 Å². The van der Waals surface area contributed by atoms with Crippen LogP contribution in [0.15, 0.2) is 39.5 Å². The molecule has 0 aliphatic carbocycles. The monoisotopic (exact) mass is 569 g/mol. The average Bonchev–Trinajstić information content (AvgIpc) is 2.99. The predicted molar refractivity (Wildman–Crippen MR) is 149 cm³/mol. The van der Waals surface area contributed by atoms with Crippen LogP contribution in [-0.2, 0) is 29.0 Å². The molecule has 2 heterocycles. The van der Waals surface area contributed by atoms with Crippen molar-refractivity contribution in [3.05, 3.63) is 68.8 Å². The van der Waals surface area contributed by atoms with E-state index in [1.54, 1.807) is 26.4 Å². The fourth-order valence-corrected chi connectivity index (χ4v) is 5.09. The highest BCUT2D eigenvalue weighted by Crippen LogP contribution is 2.43. The van der Waals surface area contributed by atoms with Crippen LogP contribution >= 0.6 is 0 Å². The lowest BCUT2D eigenvalue weighted by atomic mass is 9.91. The van der Waals surface area contributed by atoms with E-state index in [0.717, 1.165) is 17.5 Å². The summed E-state index contributed by atoms with van der Waals surface area (Å²) in [6, 6.07) is 8.43. The Bertz CT molecular complexity index is 1460. The molecule has 3 aromatic rings. The molecule has 1 aromatic heterocycles. The fraction of sp³-hybridized carbons (Fsp3) is 0.400. The normalized spacial score (nSPS) is 13.6. The van der Waals surface area contributed by atoms with Crippen molar-refractivity contribution in [2.45, 2.75) is 31.8 Å². The maximum absolute atomic E-state index is 13.0.